The van der Waals surface area contributed by atoms with Crippen molar-refractivity contribution < 1.29 is 4.79 Å². The molecule has 1 saturated carbocycles. The van der Waals surface area contributed by atoms with Crippen molar-refractivity contribution in [1.82, 2.24) is 10.6 Å². The lowest BCUT2D eigenvalue weighted by Crippen LogP contribution is -2.34. The zero-order valence-electron chi connectivity index (χ0n) is 12.4. The Bertz CT molecular complexity index is 430. The summed E-state index contributed by atoms with van der Waals surface area (Å²) in [6.07, 6.45) is 5.44. The van der Waals surface area contributed by atoms with Crippen LogP contribution in [0.15, 0.2) is 24.3 Å². The third-order valence-electron chi connectivity index (χ3n) is 4.02. The van der Waals surface area contributed by atoms with Crippen molar-refractivity contribution in [2.24, 2.45) is 5.92 Å². The number of nitrogens with one attached hydrogen (secondary N) is 2. The highest BCUT2D eigenvalue weighted by Gasteiger charge is 2.27. The number of hydrogen-bond donors (Lipinski definition) is 2. The highest BCUT2D eigenvalue weighted by Crippen LogP contribution is 2.36. The van der Waals surface area contributed by atoms with Crippen LogP contribution >= 0.6 is 24.0 Å². The summed E-state index contributed by atoms with van der Waals surface area (Å²) in [7, 11) is 1.86. The molecule has 118 valence electrons. The maximum atomic E-state index is 12.0. The Morgan fingerprint density at radius 2 is 1.90 bits per heavy atom. The fourth-order valence-corrected chi connectivity index (χ4v) is 3.04. The Hall–Kier alpha value is -0.770. The van der Waals surface area contributed by atoms with Crippen LogP contribution in [0.4, 0.5) is 0 Å². The fourth-order valence-electron chi connectivity index (χ4n) is 2.92. The van der Waals surface area contributed by atoms with Crippen LogP contribution in [0.2, 0.25) is 5.02 Å². The minimum Gasteiger partial charge on any atom is -0.349 e. The Morgan fingerprint density at radius 1 is 1.29 bits per heavy atom. The van der Waals surface area contributed by atoms with Gasteiger partial charge in [0.25, 0.3) is 0 Å². The maximum Gasteiger partial charge on any atom is 0.221 e. The summed E-state index contributed by atoms with van der Waals surface area (Å²) >= 11 is 5.95. The molecule has 0 bridgehead atoms. The summed E-state index contributed by atoms with van der Waals surface area (Å²) in [5, 5.41) is 6.95. The normalized spacial score (nSPS) is 16.3. The van der Waals surface area contributed by atoms with E-state index in [0.717, 1.165) is 5.02 Å². The monoisotopic (exact) mass is 330 g/mol. The van der Waals surface area contributed by atoms with Crippen LogP contribution in [0.3, 0.4) is 0 Å². The first-order chi connectivity index (χ1) is 9.70. The van der Waals surface area contributed by atoms with Crippen molar-refractivity contribution in [3.8, 4) is 0 Å². The average Bonchev–Trinajstić information content (AvgIpc) is 2.97. The highest BCUT2D eigenvalue weighted by molar-refractivity contribution is 6.30. The molecule has 1 aliphatic carbocycles. The van der Waals surface area contributed by atoms with Crippen LogP contribution in [-0.2, 0) is 4.79 Å². The second-order valence-corrected chi connectivity index (χ2v) is 5.93. The summed E-state index contributed by atoms with van der Waals surface area (Å²) in [4.78, 5) is 12.0. The molecule has 0 radical (unpaired) electrons. The summed E-state index contributed by atoms with van der Waals surface area (Å²) in [5.41, 5.74) is 1.17. The summed E-state index contributed by atoms with van der Waals surface area (Å²) < 4.78 is 0. The average molecular weight is 331 g/mol. The number of hydrogen-bond acceptors (Lipinski definition) is 2. The molecule has 2 N–H and O–H groups in total. The number of amides is 1. The third-order valence-corrected chi connectivity index (χ3v) is 4.27. The van der Waals surface area contributed by atoms with Gasteiger partial charge in [0, 0.05) is 18.0 Å². The van der Waals surface area contributed by atoms with Gasteiger partial charge in [0.05, 0.1) is 6.04 Å². The van der Waals surface area contributed by atoms with E-state index in [4.69, 9.17) is 11.6 Å². The lowest BCUT2D eigenvalue weighted by atomic mass is 9.91. The number of benzene rings is 1. The molecule has 2 rings (SSSR count). The van der Waals surface area contributed by atoms with Crippen molar-refractivity contribution in [3.05, 3.63) is 34.9 Å². The van der Waals surface area contributed by atoms with Gasteiger partial charge in [0.15, 0.2) is 0 Å². The van der Waals surface area contributed by atoms with Crippen molar-refractivity contribution in [2.75, 3.05) is 13.6 Å². The quantitative estimate of drug-likeness (QED) is 0.834. The zero-order valence-corrected chi connectivity index (χ0v) is 14.0. The second kappa shape index (κ2) is 9.29. The van der Waals surface area contributed by atoms with Gasteiger partial charge < -0.3 is 10.6 Å². The first-order valence-corrected chi connectivity index (χ1v) is 7.78. The lowest BCUT2D eigenvalue weighted by molar-refractivity contribution is -0.122. The van der Waals surface area contributed by atoms with Crippen LogP contribution < -0.4 is 10.6 Å². The smallest absolute Gasteiger partial charge is 0.221 e. The molecule has 0 aliphatic heterocycles. The standard InChI is InChI=1S/C16H23ClN2O.ClH/c1-18-11-10-15(20)19-16(12-4-2-3-5-12)13-6-8-14(17)9-7-13;/h6-9,12,16,18H,2-5,10-11H2,1H3,(H,19,20);1H. The summed E-state index contributed by atoms with van der Waals surface area (Å²) in [5.74, 6) is 0.668. The Balaban J connectivity index is 0.00000220. The largest absolute Gasteiger partial charge is 0.349 e. The highest BCUT2D eigenvalue weighted by atomic mass is 35.5. The molecule has 0 aromatic heterocycles. The predicted molar refractivity (Wildman–Crippen MR) is 90.1 cm³/mol. The molecule has 1 atom stereocenters. The summed E-state index contributed by atoms with van der Waals surface area (Å²) in [6, 6.07) is 7.99. The van der Waals surface area contributed by atoms with Crippen LogP contribution in [0.1, 0.15) is 43.7 Å². The fraction of sp³-hybridized carbons (Fsp3) is 0.562. The van der Waals surface area contributed by atoms with E-state index < -0.39 is 0 Å². The van der Waals surface area contributed by atoms with Gasteiger partial charge in [-0.05, 0) is 43.5 Å². The van der Waals surface area contributed by atoms with Crippen LogP contribution in [-0.4, -0.2) is 19.5 Å². The van der Waals surface area contributed by atoms with E-state index in [2.05, 4.69) is 10.6 Å². The van der Waals surface area contributed by atoms with E-state index in [1.807, 2.05) is 31.3 Å². The van der Waals surface area contributed by atoms with Gasteiger partial charge in [0.1, 0.15) is 0 Å². The molecule has 21 heavy (non-hydrogen) atoms. The molecular formula is C16H24Cl2N2O. The van der Waals surface area contributed by atoms with Gasteiger partial charge in [-0.3, -0.25) is 4.79 Å². The topological polar surface area (TPSA) is 41.1 Å². The lowest BCUT2D eigenvalue weighted by Gasteiger charge is -2.25. The first-order valence-electron chi connectivity index (χ1n) is 7.40. The molecule has 1 aromatic rings. The molecule has 1 unspecified atom stereocenters. The molecule has 5 heteroatoms. The van der Waals surface area contributed by atoms with Gasteiger partial charge in [-0.25, -0.2) is 0 Å². The Labute approximate surface area is 138 Å². The molecule has 1 aliphatic rings. The molecule has 1 fully saturated rings. The van der Waals surface area contributed by atoms with E-state index in [0.29, 0.717) is 18.9 Å². The molecular weight excluding hydrogens is 307 g/mol. The van der Waals surface area contributed by atoms with Gasteiger partial charge in [0.2, 0.25) is 5.91 Å². The molecule has 3 nitrogen and oxygen atoms in total. The molecule has 0 saturated heterocycles. The van der Waals surface area contributed by atoms with Crippen molar-refractivity contribution in [1.29, 1.82) is 0 Å². The summed E-state index contributed by atoms with van der Waals surface area (Å²) in [6.45, 7) is 0.712. The maximum absolute atomic E-state index is 12.0. The second-order valence-electron chi connectivity index (χ2n) is 5.49. The van der Waals surface area contributed by atoms with Gasteiger partial charge in [-0.1, -0.05) is 36.6 Å². The van der Waals surface area contributed by atoms with Crippen LogP contribution in [0.5, 0.6) is 0 Å². The van der Waals surface area contributed by atoms with Crippen molar-refractivity contribution in [2.45, 2.75) is 38.1 Å². The number of rotatable bonds is 6. The molecule has 1 amide bonds. The van der Waals surface area contributed by atoms with E-state index in [9.17, 15) is 4.79 Å². The number of carbonyl (C=O) groups is 1. The van der Waals surface area contributed by atoms with Gasteiger partial charge in [-0.15, -0.1) is 12.4 Å². The third kappa shape index (κ3) is 5.50. The van der Waals surface area contributed by atoms with Crippen molar-refractivity contribution >= 4 is 29.9 Å². The SMILES string of the molecule is CNCCC(=O)NC(c1ccc(Cl)cc1)C1CCCC1.Cl. The van der Waals surface area contributed by atoms with Crippen molar-refractivity contribution in [3.63, 3.8) is 0 Å². The first kappa shape index (κ1) is 18.3. The van der Waals surface area contributed by atoms with E-state index in [1.54, 1.807) is 0 Å². The minimum absolute atomic E-state index is 0. The van der Waals surface area contributed by atoms with E-state index in [-0.39, 0.29) is 24.4 Å². The Kier molecular flexibility index (Phi) is 8.09. The predicted octanol–water partition coefficient (Wildman–Crippen LogP) is 3.72. The van der Waals surface area contributed by atoms with Gasteiger partial charge >= 0.3 is 0 Å². The minimum atomic E-state index is 0. The zero-order chi connectivity index (χ0) is 14.4. The number of carbonyl (C=O) groups excluding carboxylic acids is 1. The van der Waals surface area contributed by atoms with Crippen LogP contribution in [0.25, 0.3) is 0 Å². The number of halogens is 2. The molecule has 0 spiro atoms. The van der Waals surface area contributed by atoms with Crippen LogP contribution in [0, 0.1) is 5.92 Å². The molecule has 0 heterocycles. The van der Waals surface area contributed by atoms with E-state index in [1.165, 1.54) is 31.2 Å². The Morgan fingerprint density at radius 3 is 2.48 bits per heavy atom. The van der Waals surface area contributed by atoms with Gasteiger partial charge in [-0.2, -0.15) is 0 Å². The molecule has 1 aromatic carbocycles. The van der Waals surface area contributed by atoms with E-state index >= 15 is 0 Å².